The molecule has 0 saturated carbocycles. The Kier molecular flexibility index (Phi) is 7.68. The van der Waals surface area contributed by atoms with Gasteiger partial charge in [-0.25, -0.2) is 0 Å². The molecule has 2 aromatic heterocycles. The standard InChI is InChI=1S/C32H34N4O3/c1-5-38-30-15-12-25(16-31(30)39-6-2)19-35-21-27(18-33-35)34-32(37)26-13-14-29-28(17-26)22(3)23(4)36(29)20-24-10-8-7-9-11-24/h7-18,21H,5-6,19-20H2,1-4H3,(H,34,37). The third-order valence-corrected chi connectivity index (χ3v) is 6.93. The summed E-state index contributed by atoms with van der Waals surface area (Å²) in [5.41, 5.74) is 7.04. The Morgan fingerprint density at radius 3 is 2.41 bits per heavy atom. The molecule has 7 nitrogen and oxygen atoms in total. The molecular weight excluding hydrogens is 488 g/mol. The second kappa shape index (κ2) is 11.5. The predicted molar refractivity (Wildman–Crippen MR) is 155 cm³/mol. The van der Waals surface area contributed by atoms with Crippen molar-refractivity contribution in [2.24, 2.45) is 0 Å². The van der Waals surface area contributed by atoms with Crippen LogP contribution < -0.4 is 14.8 Å². The van der Waals surface area contributed by atoms with Crippen molar-refractivity contribution in [1.82, 2.24) is 14.3 Å². The maximum atomic E-state index is 13.1. The largest absolute Gasteiger partial charge is 0.490 e. The minimum atomic E-state index is -0.163. The number of ether oxygens (including phenoxy) is 2. The van der Waals surface area contributed by atoms with Crippen molar-refractivity contribution in [3.63, 3.8) is 0 Å². The lowest BCUT2D eigenvalue weighted by Gasteiger charge is -2.12. The van der Waals surface area contributed by atoms with Gasteiger partial charge in [0.25, 0.3) is 5.91 Å². The summed E-state index contributed by atoms with van der Waals surface area (Å²) in [4.78, 5) is 13.1. The Bertz CT molecular complexity index is 1600. The fourth-order valence-corrected chi connectivity index (χ4v) is 4.86. The molecule has 5 aromatic rings. The van der Waals surface area contributed by atoms with E-state index in [-0.39, 0.29) is 5.91 Å². The zero-order valence-electron chi connectivity index (χ0n) is 22.9. The molecule has 0 aliphatic heterocycles. The first-order chi connectivity index (χ1) is 19.0. The Balaban J connectivity index is 1.30. The Hall–Kier alpha value is -4.52. The van der Waals surface area contributed by atoms with E-state index in [1.807, 2.05) is 62.5 Å². The van der Waals surface area contributed by atoms with E-state index >= 15 is 0 Å². The van der Waals surface area contributed by atoms with Crippen molar-refractivity contribution in [3.8, 4) is 11.5 Å². The molecule has 0 aliphatic rings. The summed E-state index contributed by atoms with van der Waals surface area (Å²) in [5, 5.41) is 8.52. The van der Waals surface area contributed by atoms with Gasteiger partial charge in [-0.05, 0) is 74.7 Å². The van der Waals surface area contributed by atoms with Gasteiger partial charge in [-0.2, -0.15) is 5.10 Å². The third-order valence-electron chi connectivity index (χ3n) is 6.93. The van der Waals surface area contributed by atoms with Gasteiger partial charge < -0.3 is 19.4 Å². The van der Waals surface area contributed by atoms with Crippen LogP contribution in [-0.2, 0) is 13.1 Å². The second-order valence-corrected chi connectivity index (χ2v) is 9.54. The van der Waals surface area contributed by atoms with Crippen molar-refractivity contribution in [2.75, 3.05) is 18.5 Å². The molecule has 2 heterocycles. The van der Waals surface area contributed by atoms with E-state index in [1.165, 1.54) is 16.8 Å². The van der Waals surface area contributed by atoms with Gasteiger partial charge >= 0.3 is 0 Å². The Labute approximate surface area is 229 Å². The van der Waals surface area contributed by atoms with Crippen molar-refractivity contribution in [1.29, 1.82) is 0 Å². The minimum Gasteiger partial charge on any atom is -0.490 e. The number of hydrogen-bond donors (Lipinski definition) is 1. The van der Waals surface area contributed by atoms with Crippen molar-refractivity contribution in [2.45, 2.75) is 40.8 Å². The molecular formula is C32H34N4O3. The fourth-order valence-electron chi connectivity index (χ4n) is 4.86. The van der Waals surface area contributed by atoms with Crippen LogP contribution in [0.5, 0.6) is 11.5 Å². The van der Waals surface area contributed by atoms with E-state index in [0.717, 1.165) is 34.5 Å². The van der Waals surface area contributed by atoms with Crippen LogP contribution in [0.1, 0.15) is 46.6 Å². The number of carbonyl (C=O) groups excluding carboxylic acids is 1. The van der Waals surface area contributed by atoms with Gasteiger partial charge in [0, 0.05) is 34.9 Å². The molecule has 3 aromatic carbocycles. The van der Waals surface area contributed by atoms with E-state index in [4.69, 9.17) is 9.47 Å². The van der Waals surface area contributed by atoms with Crippen LogP contribution in [0.15, 0.2) is 79.1 Å². The molecule has 7 heteroatoms. The first-order valence-electron chi connectivity index (χ1n) is 13.3. The van der Waals surface area contributed by atoms with E-state index in [2.05, 4.69) is 53.1 Å². The van der Waals surface area contributed by atoms with Gasteiger partial charge in [0.1, 0.15) is 0 Å². The Morgan fingerprint density at radius 2 is 1.64 bits per heavy atom. The van der Waals surface area contributed by atoms with Crippen molar-refractivity contribution >= 4 is 22.5 Å². The van der Waals surface area contributed by atoms with Crippen LogP contribution in [0.4, 0.5) is 5.69 Å². The Morgan fingerprint density at radius 1 is 0.872 bits per heavy atom. The first-order valence-corrected chi connectivity index (χ1v) is 13.3. The summed E-state index contributed by atoms with van der Waals surface area (Å²) in [7, 11) is 0. The molecule has 0 saturated heterocycles. The van der Waals surface area contributed by atoms with Gasteiger partial charge in [0.2, 0.25) is 0 Å². The summed E-state index contributed by atoms with van der Waals surface area (Å²) in [6.45, 7) is 10.6. The van der Waals surface area contributed by atoms with Crippen LogP contribution in [0.25, 0.3) is 10.9 Å². The SMILES string of the molecule is CCOc1ccc(Cn2cc(NC(=O)c3ccc4c(c3)c(C)c(C)n4Cc3ccccc3)cn2)cc1OCC. The van der Waals surface area contributed by atoms with E-state index < -0.39 is 0 Å². The fraction of sp³-hybridized carbons (Fsp3) is 0.250. The highest BCUT2D eigenvalue weighted by Crippen LogP contribution is 2.29. The lowest BCUT2D eigenvalue weighted by molar-refractivity contribution is 0.102. The van der Waals surface area contributed by atoms with Gasteiger partial charge in [0.05, 0.1) is 31.6 Å². The quantitative estimate of drug-likeness (QED) is 0.224. The summed E-state index contributed by atoms with van der Waals surface area (Å²) in [6.07, 6.45) is 3.50. The molecule has 1 N–H and O–H groups in total. The highest BCUT2D eigenvalue weighted by Gasteiger charge is 2.15. The molecule has 5 rings (SSSR count). The lowest BCUT2D eigenvalue weighted by Crippen LogP contribution is -2.11. The van der Waals surface area contributed by atoms with Crippen LogP contribution in [-0.4, -0.2) is 33.5 Å². The van der Waals surface area contributed by atoms with Crippen LogP contribution in [0, 0.1) is 13.8 Å². The third kappa shape index (κ3) is 5.67. The smallest absolute Gasteiger partial charge is 0.255 e. The number of carbonyl (C=O) groups is 1. The number of aromatic nitrogens is 3. The molecule has 200 valence electrons. The predicted octanol–water partition coefficient (Wildman–Crippen LogP) is 6.60. The van der Waals surface area contributed by atoms with Crippen LogP contribution in [0.3, 0.4) is 0 Å². The molecule has 39 heavy (non-hydrogen) atoms. The number of anilines is 1. The maximum Gasteiger partial charge on any atom is 0.255 e. The van der Waals surface area contributed by atoms with E-state index in [1.54, 1.807) is 10.9 Å². The van der Waals surface area contributed by atoms with Crippen LogP contribution >= 0.6 is 0 Å². The average Bonchev–Trinajstić information content (AvgIpc) is 3.48. The van der Waals surface area contributed by atoms with E-state index in [0.29, 0.717) is 31.0 Å². The number of hydrogen-bond acceptors (Lipinski definition) is 4. The van der Waals surface area contributed by atoms with Gasteiger partial charge in [-0.1, -0.05) is 36.4 Å². The number of aryl methyl sites for hydroxylation is 1. The number of benzene rings is 3. The van der Waals surface area contributed by atoms with Gasteiger partial charge in [-0.15, -0.1) is 0 Å². The highest BCUT2D eigenvalue weighted by atomic mass is 16.5. The normalized spacial score (nSPS) is 11.1. The molecule has 0 atom stereocenters. The lowest BCUT2D eigenvalue weighted by atomic mass is 10.1. The minimum absolute atomic E-state index is 0.163. The zero-order chi connectivity index (χ0) is 27.4. The topological polar surface area (TPSA) is 70.3 Å². The molecule has 0 bridgehead atoms. The summed E-state index contributed by atoms with van der Waals surface area (Å²) in [6, 6.07) is 22.2. The van der Waals surface area contributed by atoms with Crippen LogP contribution in [0.2, 0.25) is 0 Å². The molecule has 0 aliphatic carbocycles. The van der Waals surface area contributed by atoms with Crippen molar-refractivity contribution < 1.29 is 14.3 Å². The monoisotopic (exact) mass is 522 g/mol. The molecule has 0 spiro atoms. The molecule has 0 unspecified atom stereocenters. The summed E-state index contributed by atoms with van der Waals surface area (Å²) < 4.78 is 15.5. The van der Waals surface area contributed by atoms with Gasteiger partial charge in [0.15, 0.2) is 11.5 Å². The summed E-state index contributed by atoms with van der Waals surface area (Å²) >= 11 is 0. The molecule has 0 fully saturated rings. The molecule has 0 radical (unpaired) electrons. The molecule has 1 amide bonds. The summed E-state index contributed by atoms with van der Waals surface area (Å²) in [5.74, 6) is 1.29. The highest BCUT2D eigenvalue weighted by molar-refractivity contribution is 6.06. The number of nitrogens with zero attached hydrogens (tertiary/aromatic N) is 3. The average molecular weight is 523 g/mol. The number of nitrogens with one attached hydrogen (secondary N) is 1. The van der Waals surface area contributed by atoms with Crippen molar-refractivity contribution in [3.05, 3.63) is 107 Å². The van der Waals surface area contributed by atoms with E-state index in [9.17, 15) is 4.79 Å². The number of fused-ring (bicyclic) bond motifs is 1. The number of rotatable bonds is 10. The number of amides is 1. The maximum absolute atomic E-state index is 13.1. The van der Waals surface area contributed by atoms with Gasteiger partial charge in [-0.3, -0.25) is 9.48 Å². The zero-order valence-corrected chi connectivity index (χ0v) is 22.9. The second-order valence-electron chi connectivity index (χ2n) is 9.54. The first kappa shape index (κ1) is 26.1.